The summed E-state index contributed by atoms with van der Waals surface area (Å²) in [5, 5.41) is 0. The number of amides is 1. The van der Waals surface area contributed by atoms with Gasteiger partial charge in [-0.15, -0.1) is 0 Å². The summed E-state index contributed by atoms with van der Waals surface area (Å²) >= 11 is 0. The van der Waals surface area contributed by atoms with Crippen molar-refractivity contribution in [2.24, 2.45) is 0 Å². The van der Waals surface area contributed by atoms with Gasteiger partial charge in [0, 0.05) is 19.6 Å². The first kappa shape index (κ1) is 23.7. The molecular weight excluding hydrogens is 426 g/mol. The molecular formula is C29H31NO4. The maximum Gasteiger partial charge on any atom is 0.328 e. The van der Waals surface area contributed by atoms with Crippen molar-refractivity contribution in [2.45, 2.75) is 37.3 Å². The first-order chi connectivity index (χ1) is 16.7. The van der Waals surface area contributed by atoms with Gasteiger partial charge in [-0.1, -0.05) is 91.0 Å². The number of carbonyl (C=O) groups excluding carboxylic acids is 2. The molecule has 176 valence electrons. The second-order valence-electron chi connectivity index (χ2n) is 8.60. The molecule has 5 nitrogen and oxygen atoms in total. The average Bonchev–Trinajstić information content (AvgIpc) is 3.32. The first-order valence-electron chi connectivity index (χ1n) is 11.8. The van der Waals surface area contributed by atoms with Crippen molar-refractivity contribution in [2.75, 3.05) is 20.3 Å². The Hall–Kier alpha value is -3.44. The zero-order chi connectivity index (χ0) is 23.8. The molecule has 1 aliphatic heterocycles. The number of benzene rings is 3. The van der Waals surface area contributed by atoms with Crippen LogP contribution in [0.3, 0.4) is 0 Å². The van der Waals surface area contributed by atoms with Crippen LogP contribution in [0.1, 0.15) is 35.4 Å². The van der Waals surface area contributed by atoms with Gasteiger partial charge in [0.1, 0.15) is 6.04 Å². The summed E-state index contributed by atoms with van der Waals surface area (Å²) in [6.07, 6.45) is 2.06. The Morgan fingerprint density at radius 3 is 2.00 bits per heavy atom. The van der Waals surface area contributed by atoms with E-state index in [1.165, 1.54) is 12.7 Å². The summed E-state index contributed by atoms with van der Waals surface area (Å²) in [7, 11) is 1.37. The van der Waals surface area contributed by atoms with Crippen molar-refractivity contribution in [3.05, 3.63) is 108 Å². The number of esters is 1. The lowest BCUT2D eigenvalue weighted by Gasteiger charge is -2.28. The van der Waals surface area contributed by atoms with Gasteiger partial charge in [0.2, 0.25) is 5.91 Å². The molecule has 0 aromatic heterocycles. The second-order valence-corrected chi connectivity index (χ2v) is 8.60. The molecule has 1 amide bonds. The van der Waals surface area contributed by atoms with Crippen molar-refractivity contribution in [3.63, 3.8) is 0 Å². The van der Waals surface area contributed by atoms with Crippen molar-refractivity contribution < 1.29 is 19.1 Å². The molecule has 3 aromatic rings. The molecule has 5 heteroatoms. The highest BCUT2D eigenvalue weighted by Gasteiger charge is 2.43. The van der Waals surface area contributed by atoms with Crippen LogP contribution in [0.4, 0.5) is 0 Å². The molecule has 1 saturated heterocycles. The summed E-state index contributed by atoms with van der Waals surface area (Å²) in [6.45, 7) is 0.955. The highest BCUT2D eigenvalue weighted by Crippen LogP contribution is 2.31. The average molecular weight is 458 g/mol. The standard InChI is InChI=1S/C29H31NO4/c1-33-29(32)26-20-25(34-19-11-14-22-12-5-2-6-13-22)21-30(26)28(31)27(23-15-7-3-8-16-23)24-17-9-4-10-18-24/h2-10,12-13,15-18,25-27H,11,14,19-21H2,1H3/t25-,26?/m1/s1. The lowest BCUT2D eigenvalue weighted by atomic mass is 9.90. The Labute approximate surface area is 201 Å². The Bertz CT molecular complexity index is 1020. The number of likely N-dealkylation sites (tertiary alicyclic amines) is 1. The Morgan fingerprint density at radius 1 is 0.882 bits per heavy atom. The number of rotatable bonds is 9. The van der Waals surface area contributed by atoms with Gasteiger partial charge in [-0.25, -0.2) is 4.79 Å². The third kappa shape index (κ3) is 5.72. The third-order valence-electron chi connectivity index (χ3n) is 6.34. The largest absolute Gasteiger partial charge is 0.467 e. The van der Waals surface area contributed by atoms with Crippen LogP contribution in [-0.4, -0.2) is 49.2 Å². The lowest BCUT2D eigenvalue weighted by Crippen LogP contribution is -2.43. The first-order valence-corrected chi connectivity index (χ1v) is 11.8. The number of aryl methyl sites for hydroxylation is 1. The van der Waals surface area contributed by atoms with Gasteiger partial charge in [-0.05, 0) is 29.5 Å². The van der Waals surface area contributed by atoms with Gasteiger partial charge < -0.3 is 14.4 Å². The summed E-state index contributed by atoms with van der Waals surface area (Å²) in [5.41, 5.74) is 3.07. The summed E-state index contributed by atoms with van der Waals surface area (Å²) in [5.74, 6) is -1.00. The van der Waals surface area contributed by atoms with Crippen LogP contribution in [0.25, 0.3) is 0 Å². The van der Waals surface area contributed by atoms with E-state index in [2.05, 4.69) is 12.1 Å². The molecule has 0 aliphatic carbocycles. The fourth-order valence-corrected chi connectivity index (χ4v) is 4.63. The molecule has 1 unspecified atom stereocenters. The van der Waals surface area contributed by atoms with E-state index >= 15 is 0 Å². The molecule has 3 aromatic carbocycles. The van der Waals surface area contributed by atoms with Crippen LogP contribution >= 0.6 is 0 Å². The van der Waals surface area contributed by atoms with E-state index in [0.717, 1.165) is 24.0 Å². The second kappa shape index (κ2) is 11.6. The van der Waals surface area contributed by atoms with Crippen molar-refractivity contribution >= 4 is 11.9 Å². The summed E-state index contributed by atoms with van der Waals surface area (Å²) in [6, 6.07) is 29.1. The van der Waals surface area contributed by atoms with Gasteiger partial charge in [-0.3, -0.25) is 4.79 Å². The van der Waals surface area contributed by atoms with E-state index in [0.29, 0.717) is 19.6 Å². The predicted molar refractivity (Wildman–Crippen MR) is 131 cm³/mol. The Kier molecular flexibility index (Phi) is 8.10. The van der Waals surface area contributed by atoms with Gasteiger partial charge in [0.25, 0.3) is 0 Å². The van der Waals surface area contributed by atoms with Crippen LogP contribution in [-0.2, 0) is 25.5 Å². The number of methoxy groups -OCH3 is 1. The normalized spacial score (nSPS) is 17.6. The molecule has 2 atom stereocenters. The number of hydrogen-bond donors (Lipinski definition) is 0. The van der Waals surface area contributed by atoms with Crippen LogP contribution in [0.15, 0.2) is 91.0 Å². The minimum atomic E-state index is -0.647. The number of hydrogen-bond acceptors (Lipinski definition) is 4. The predicted octanol–water partition coefficient (Wildman–Crippen LogP) is 4.61. The van der Waals surface area contributed by atoms with Crippen LogP contribution in [0, 0.1) is 0 Å². The maximum atomic E-state index is 13.9. The molecule has 0 bridgehead atoms. The van der Waals surface area contributed by atoms with Crippen molar-refractivity contribution in [3.8, 4) is 0 Å². The van der Waals surface area contributed by atoms with E-state index in [9.17, 15) is 9.59 Å². The minimum Gasteiger partial charge on any atom is -0.467 e. The topological polar surface area (TPSA) is 55.8 Å². The minimum absolute atomic E-state index is 0.108. The highest BCUT2D eigenvalue weighted by molar-refractivity contribution is 5.91. The Balaban J connectivity index is 1.48. The zero-order valence-electron chi connectivity index (χ0n) is 19.5. The lowest BCUT2D eigenvalue weighted by molar-refractivity contribution is -0.151. The smallest absolute Gasteiger partial charge is 0.328 e. The van der Waals surface area contributed by atoms with E-state index in [1.807, 2.05) is 78.9 Å². The van der Waals surface area contributed by atoms with Crippen LogP contribution < -0.4 is 0 Å². The highest BCUT2D eigenvalue weighted by atomic mass is 16.5. The number of ether oxygens (including phenoxy) is 2. The molecule has 4 rings (SSSR count). The van der Waals surface area contributed by atoms with E-state index < -0.39 is 17.9 Å². The zero-order valence-corrected chi connectivity index (χ0v) is 19.5. The molecule has 0 spiro atoms. The van der Waals surface area contributed by atoms with E-state index in [-0.39, 0.29) is 12.0 Å². The van der Waals surface area contributed by atoms with Crippen LogP contribution in [0.5, 0.6) is 0 Å². The van der Waals surface area contributed by atoms with Gasteiger partial charge in [0.15, 0.2) is 0 Å². The molecule has 1 heterocycles. The number of carbonyl (C=O) groups is 2. The molecule has 1 fully saturated rings. The van der Waals surface area contributed by atoms with Gasteiger partial charge >= 0.3 is 5.97 Å². The monoisotopic (exact) mass is 457 g/mol. The van der Waals surface area contributed by atoms with E-state index in [1.54, 1.807) is 4.90 Å². The third-order valence-corrected chi connectivity index (χ3v) is 6.34. The van der Waals surface area contributed by atoms with Crippen LogP contribution in [0.2, 0.25) is 0 Å². The summed E-state index contributed by atoms with van der Waals surface area (Å²) in [4.78, 5) is 28.2. The van der Waals surface area contributed by atoms with Gasteiger partial charge in [-0.2, -0.15) is 0 Å². The quantitative estimate of drug-likeness (QED) is 0.348. The molecule has 34 heavy (non-hydrogen) atoms. The fraction of sp³-hybridized carbons (Fsp3) is 0.310. The van der Waals surface area contributed by atoms with Gasteiger partial charge in [0.05, 0.1) is 19.1 Å². The van der Waals surface area contributed by atoms with Crippen molar-refractivity contribution in [1.29, 1.82) is 0 Å². The van der Waals surface area contributed by atoms with Crippen molar-refractivity contribution in [1.82, 2.24) is 4.90 Å². The maximum absolute atomic E-state index is 13.9. The van der Waals surface area contributed by atoms with E-state index in [4.69, 9.17) is 9.47 Å². The molecule has 0 saturated carbocycles. The SMILES string of the molecule is COC(=O)C1C[C@@H](OCCCc2ccccc2)CN1C(=O)C(c1ccccc1)c1ccccc1. The molecule has 0 radical (unpaired) electrons. The summed E-state index contributed by atoms with van der Waals surface area (Å²) < 4.78 is 11.2. The Morgan fingerprint density at radius 2 is 1.44 bits per heavy atom. The molecule has 1 aliphatic rings. The molecule has 0 N–H and O–H groups in total. The fourth-order valence-electron chi connectivity index (χ4n) is 4.63. The number of nitrogens with zero attached hydrogens (tertiary/aromatic N) is 1.